The summed E-state index contributed by atoms with van der Waals surface area (Å²) < 4.78 is 0. The van der Waals surface area contributed by atoms with Gasteiger partial charge in [-0.2, -0.15) is 0 Å². The van der Waals surface area contributed by atoms with Crippen molar-refractivity contribution in [1.82, 2.24) is 0 Å². The number of rotatable bonds is 5. The van der Waals surface area contributed by atoms with Gasteiger partial charge in [0, 0.05) is 0 Å². The highest BCUT2D eigenvalue weighted by atomic mass is 14.1. The summed E-state index contributed by atoms with van der Waals surface area (Å²) in [7, 11) is 0. The molecule has 1 atom stereocenters. The van der Waals surface area contributed by atoms with Gasteiger partial charge >= 0.3 is 0 Å². The molecule has 0 aliphatic rings. The van der Waals surface area contributed by atoms with Gasteiger partial charge < -0.3 is 0 Å². The van der Waals surface area contributed by atoms with E-state index >= 15 is 0 Å². The Labute approximate surface area is 66.0 Å². The highest BCUT2D eigenvalue weighted by Gasteiger charge is 2.01. The van der Waals surface area contributed by atoms with Crippen LogP contribution >= 0.6 is 0 Å². The van der Waals surface area contributed by atoms with E-state index in [2.05, 4.69) is 34.1 Å². The third-order valence-corrected chi connectivity index (χ3v) is 1.84. The Balaban J connectivity index is 3.12. The Morgan fingerprint density at radius 2 is 1.70 bits per heavy atom. The Bertz CT molecular complexity index is 64.4. The van der Waals surface area contributed by atoms with Crippen molar-refractivity contribution in [2.75, 3.05) is 0 Å². The lowest BCUT2D eigenvalue weighted by Gasteiger charge is -2.10. The fourth-order valence-corrected chi connectivity index (χ4v) is 1.12. The predicted molar refractivity (Wildman–Crippen MR) is 47.8 cm³/mol. The summed E-state index contributed by atoms with van der Waals surface area (Å²) >= 11 is 0. The van der Waals surface area contributed by atoms with Crippen LogP contribution in [0.2, 0.25) is 0 Å². The van der Waals surface area contributed by atoms with Crippen LogP contribution in [0.25, 0.3) is 0 Å². The topological polar surface area (TPSA) is 0 Å². The maximum atomic E-state index is 2.41. The molecule has 0 amide bonds. The van der Waals surface area contributed by atoms with Gasteiger partial charge in [0.1, 0.15) is 0 Å². The van der Waals surface area contributed by atoms with Gasteiger partial charge in [-0.15, -0.1) is 0 Å². The molecule has 0 aromatic carbocycles. The Morgan fingerprint density at radius 3 is 2.10 bits per heavy atom. The Hall–Kier alpha value is 0. The van der Waals surface area contributed by atoms with Gasteiger partial charge in [0.2, 0.25) is 0 Å². The third kappa shape index (κ3) is 6.12. The average Bonchev–Trinajstić information content (AvgIpc) is 1.85. The molecule has 0 heteroatoms. The summed E-state index contributed by atoms with van der Waals surface area (Å²) in [6.07, 6.45) is 6.37. The quantitative estimate of drug-likeness (QED) is 0.548. The maximum absolute atomic E-state index is 2.41. The first-order chi connectivity index (χ1) is 4.66. The van der Waals surface area contributed by atoms with E-state index < -0.39 is 0 Å². The molecule has 0 aliphatic heterocycles. The van der Waals surface area contributed by atoms with E-state index in [1.165, 1.54) is 19.3 Å². The van der Waals surface area contributed by atoms with Gasteiger partial charge in [-0.25, -0.2) is 0 Å². The van der Waals surface area contributed by atoms with Gasteiger partial charge in [0.05, 0.1) is 0 Å². The standard InChI is InChI=1S/C10H21/c1-5-6-10(4)8-7-9(2)3/h6,9-10H,5,7-8H2,1-4H3. The molecular formula is C10H21. The summed E-state index contributed by atoms with van der Waals surface area (Å²) in [6.45, 7) is 9.11. The van der Waals surface area contributed by atoms with Crippen molar-refractivity contribution in [3.63, 3.8) is 0 Å². The van der Waals surface area contributed by atoms with E-state index in [0.717, 1.165) is 11.8 Å². The van der Waals surface area contributed by atoms with Crippen LogP contribution in [0.3, 0.4) is 0 Å². The van der Waals surface area contributed by atoms with Crippen LogP contribution in [0, 0.1) is 18.3 Å². The summed E-state index contributed by atoms with van der Waals surface area (Å²) in [6, 6.07) is 0. The van der Waals surface area contributed by atoms with Gasteiger partial charge in [0.15, 0.2) is 0 Å². The van der Waals surface area contributed by atoms with Gasteiger partial charge in [0.25, 0.3) is 0 Å². The SMILES string of the molecule is CC[CH]C(C)CCC(C)C. The van der Waals surface area contributed by atoms with E-state index in [0.29, 0.717) is 0 Å². The molecule has 0 saturated heterocycles. The lowest BCUT2D eigenvalue weighted by Crippen LogP contribution is -1.97. The minimum atomic E-state index is 0.826. The molecule has 61 valence electrons. The Kier molecular flexibility index (Phi) is 5.76. The molecule has 0 aliphatic carbocycles. The van der Waals surface area contributed by atoms with E-state index in [9.17, 15) is 0 Å². The van der Waals surface area contributed by atoms with Gasteiger partial charge in [-0.05, 0) is 18.3 Å². The molecule has 0 aromatic rings. The lowest BCUT2D eigenvalue weighted by molar-refractivity contribution is 0.480. The molecule has 0 rings (SSSR count). The smallest absolute Gasteiger partial charge is 0.0360 e. The summed E-state index contributed by atoms with van der Waals surface area (Å²) in [5.41, 5.74) is 0. The van der Waals surface area contributed by atoms with Gasteiger partial charge in [-0.1, -0.05) is 47.0 Å². The van der Waals surface area contributed by atoms with E-state index in [-0.39, 0.29) is 0 Å². The maximum Gasteiger partial charge on any atom is -0.0360 e. The van der Waals surface area contributed by atoms with Gasteiger partial charge in [-0.3, -0.25) is 0 Å². The van der Waals surface area contributed by atoms with Crippen molar-refractivity contribution in [3.8, 4) is 0 Å². The molecule has 0 aromatic heterocycles. The van der Waals surface area contributed by atoms with Crippen LogP contribution in [0.5, 0.6) is 0 Å². The molecule has 10 heavy (non-hydrogen) atoms. The molecule has 1 unspecified atom stereocenters. The zero-order valence-electron chi connectivity index (χ0n) is 7.85. The second-order valence-corrected chi connectivity index (χ2v) is 3.59. The van der Waals surface area contributed by atoms with Crippen LogP contribution in [0.15, 0.2) is 0 Å². The third-order valence-electron chi connectivity index (χ3n) is 1.84. The highest BCUT2D eigenvalue weighted by molar-refractivity contribution is 4.70. The van der Waals surface area contributed by atoms with E-state index in [4.69, 9.17) is 0 Å². The summed E-state index contributed by atoms with van der Waals surface area (Å²) in [4.78, 5) is 0. The molecule has 0 fully saturated rings. The first kappa shape index (κ1) is 10.0. The average molecular weight is 141 g/mol. The Morgan fingerprint density at radius 1 is 1.10 bits per heavy atom. The van der Waals surface area contributed by atoms with Crippen LogP contribution in [0.4, 0.5) is 0 Å². The van der Waals surface area contributed by atoms with E-state index in [1.807, 2.05) is 0 Å². The number of hydrogen-bond donors (Lipinski definition) is 0. The molecule has 0 heterocycles. The molecule has 0 N–H and O–H groups in total. The first-order valence-corrected chi connectivity index (χ1v) is 4.50. The normalized spacial score (nSPS) is 14.1. The second kappa shape index (κ2) is 5.76. The molecule has 1 radical (unpaired) electrons. The fraction of sp³-hybridized carbons (Fsp3) is 0.900. The lowest BCUT2D eigenvalue weighted by atomic mass is 9.96. The zero-order chi connectivity index (χ0) is 7.98. The van der Waals surface area contributed by atoms with Crippen molar-refractivity contribution >= 4 is 0 Å². The highest BCUT2D eigenvalue weighted by Crippen LogP contribution is 2.14. The second-order valence-electron chi connectivity index (χ2n) is 3.59. The van der Waals surface area contributed by atoms with Crippen LogP contribution in [0.1, 0.15) is 47.0 Å². The van der Waals surface area contributed by atoms with Crippen LogP contribution < -0.4 is 0 Å². The molecule has 0 spiro atoms. The molecule has 0 nitrogen and oxygen atoms in total. The van der Waals surface area contributed by atoms with Crippen molar-refractivity contribution in [3.05, 3.63) is 6.42 Å². The minimum Gasteiger partial charge on any atom is -0.0651 e. The van der Waals surface area contributed by atoms with Crippen LogP contribution in [-0.2, 0) is 0 Å². The predicted octanol–water partition coefficient (Wildman–Crippen LogP) is 3.67. The van der Waals surface area contributed by atoms with E-state index in [1.54, 1.807) is 0 Å². The van der Waals surface area contributed by atoms with Crippen LogP contribution in [-0.4, -0.2) is 0 Å². The van der Waals surface area contributed by atoms with Crippen molar-refractivity contribution < 1.29 is 0 Å². The summed E-state index contributed by atoms with van der Waals surface area (Å²) in [5.74, 6) is 1.69. The molecule has 0 bridgehead atoms. The minimum absolute atomic E-state index is 0.826. The van der Waals surface area contributed by atoms with Crippen molar-refractivity contribution in [1.29, 1.82) is 0 Å². The van der Waals surface area contributed by atoms with Crippen molar-refractivity contribution in [2.45, 2.75) is 47.0 Å². The molecular weight excluding hydrogens is 120 g/mol. The molecule has 0 saturated carbocycles. The monoisotopic (exact) mass is 141 g/mol. The first-order valence-electron chi connectivity index (χ1n) is 4.50. The zero-order valence-corrected chi connectivity index (χ0v) is 7.85. The largest absolute Gasteiger partial charge is 0.0651 e. The van der Waals surface area contributed by atoms with Crippen molar-refractivity contribution in [2.24, 2.45) is 11.8 Å². The summed E-state index contributed by atoms with van der Waals surface area (Å²) in [5, 5.41) is 0. The number of hydrogen-bond acceptors (Lipinski definition) is 0. The fourth-order valence-electron chi connectivity index (χ4n) is 1.12.